The van der Waals surface area contributed by atoms with E-state index < -0.39 is 0 Å². The molecule has 0 aliphatic heterocycles. The summed E-state index contributed by atoms with van der Waals surface area (Å²) in [4.78, 5) is 23.2. The minimum Gasteiger partial charge on any atom is -0.508 e. The van der Waals surface area contributed by atoms with E-state index in [1.807, 2.05) is 24.0 Å². The van der Waals surface area contributed by atoms with Crippen LogP contribution in [0.15, 0.2) is 36.7 Å². The molecular weight excluding hydrogens is 404 g/mol. The third-order valence-electron chi connectivity index (χ3n) is 6.08. The molecule has 1 aliphatic rings. The number of phenols is 1. The van der Waals surface area contributed by atoms with E-state index in [2.05, 4.69) is 15.3 Å². The number of nitrogens with two attached hydrogens (primary N) is 1. The number of rotatable bonds is 6. The van der Waals surface area contributed by atoms with Gasteiger partial charge in [-0.1, -0.05) is 12.8 Å². The summed E-state index contributed by atoms with van der Waals surface area (Å²) in [6.07, 6.45) is 5.83. The first kappa shape index (κ1) is 21.5. The Balaban J connectivity index is 1.66. The van der Waals surface area contributed by atoms with Gasteiger partial charge in [-0.15, -0.1) is 0 Å². The van der Waals surface area contributed by atoms with Crippen LogP contribution in [0.3, 0.4) is 0 Å². The molecule has 1 amide bonds. The number of aromatic nitrogens is 2. The SMILES string of the molecule is CC(=O)N(c1cc2ncnc(NCc3cc(C(=N)N)ccc3O)c2cc1C)C1CCCC1. The van der Waals surface area contributed by atoms with Crippen molar-refractivity contribution in [1.82, 2.24) is 9.97 Å². The Bertz CT molecular complexity index is 1190. The van der Waals surface area contributed by atoms with Crippen molar-refractivity contribution in [3.05, 3.63) is 53.3 Å². The van der Waals surface area contributed by atoms with Gasteiger partial charge in [0.1, 0.15) is 23.7 Å². The average molecular weight is 433 g/mol. The van der Waals surface area contributed by atoms with Gasteiger partial charge >= 0.3 is 0 Å². The van der Waals surface area contributed by atoms with E-state index in [-0.39, 0.29) is 23.5 Å². The van der Waals surface area contributed by atoms with Crippen molar-refractivity contribution in [2.45, 2.75) is 52.1 Å². The zero-order valence-electron chi connectivity index (χ0n) is 18.4. The number of carbonyl (C=O) groups excluding carboxylic acids is 1. The third kappa shape index (κ3) is 4.21. The molecule has 1 heterocycles. The second-order valence-corrected chi connectivity index (χ2v) is 8.32. The molecule has 0 atom stereocenters. The zero-order valence-corrected chi connectivity index (χ0v) is 18.4. The highest BCUT2D eigenvalue weighted by Gasteiger charge is 2.27. The quantitative estimate of drug-likeness (QED) is 0.346. The molecule has 4 rings (SSSR count). The van der Waals surface area contributed by atoms with E-state index in [1.165, 1.54) is 12.4 Å². The predicted molar refractivity (Wildman–Crippen MR) is 126 cm³/mol. The summed E-state index contributed by atoms with van der Waals surface area (Å²) in [5, 5.41) is 21.9. The molecular formula is C24H28N6O2. The molecule has 1 aliphatic carbocycles. The van der Waals surface area contributed by atoms with E-state index in [0.29, 0.717) is 23.5 Å². The van der Waals surface area contributed by atoms with Crippen molar-refractivity contribution in [1.29, 1.82) is 5.41 Å². The molecule has 1 fully saturated rings. The van der Waals surface area contributed by atoms with E-state index in [0.717, 1.165) is 47.8 Å². The highest BCUT2D eigenvalue weighted by molar-refractivity contribution is 5.98. The Labute approximate surface area is 187 Å². The van der Waals surface area contributed by atoms with Crippen LogP contribution in [0.5, 0.6) is 5.75 Å². The fourth-order valence-electron chi connectivity index (χ4n) is 4.46. The molecule has 0 bridgehead atoms. The molecule has 5 N–H and O–H groups in total. The van der Waals surface area contributed by atoms with Gasteiger partial charge in [0.2, 0.25) is 5.91 Å². The number of carbonyl (C=O) groups is 1. The second-order valence-electron chi connectivity index (χ2n) is 8.32. The van der Waals surface area contributed by atoms with Gasteiger partial charge in [-0.2, -0.15) is 0 Å². The zero-order chi connectivity index (χ0) is 22.8. The molecule has 0 radical (unpaired) electrons. The Kier molecular flexibility index (Phi) is 5.94. The van der Waals surface area contributed by atoms with Crippen LogP contribution in [0.2, 0.25) is 0 Å². The van der Waals surface area contributed by atoms with Crippen molar-refractivity contribution in [2.24, 2.45) is 5.73 Å². The minimum atomic E-state index is -0.0563. The standard InChI is InChI=1S/C24H28N6O2/c1-14-9-19-20(11-21(14)30(15(2)31)18-5-3-4-6-18)28-13-29-24(19)27-12-17-10-16(23(25)26)7-8-22(17)32/h7-11,13,18,32H,3-6,12H2,1-2H3,(H3,25,26)(H,27,28,29). The number of anilines is 2. The minimum absolute atomic E-state index is 0.0487. The Morgan fingerprint density at radius 2 is 2.00 bits per heavy atom. The van der Waals surface area contributed by atoms with Crippen LogP contribution in [-0.2, 0) is 11.3 Å². The number of hydrogen-bond donors (Lipinski definition) is 4. The van der Waals surface area contributed by atoms with Crippen LogP contribution in [-0.4, -0.2) is 32.9 Å². The second kappa shape index (κ2) is 8.82. The van der Waals surface area contributed by atoms with Gasteiger partial charge in [0.25, 0.3) is 0 Å². The first-order valence-electron chi connectivity index (χ1n) is 10.8. The number of amidine groups is 1. The van der Waals surface area contributed by atoms with E-state index in [4.69, 9.17) is 11.1 Å². The van der Waals surface area contributed by atoms with Gasteiger partial charge in [0, 0.05) is 41.7 Å². The monoisotopic (exact) mass is 432 g/mol. The summed E-state index contributed by atoms with van der Waals surface area (Å²) in [6, 6.07) is 9.02. The molecule has 8 heteroatoms. The number of fused-ring (bicyclic) bond motifs is 1. The largest absolute Gasteiger partial charge is 0.508 e. The molecule has 0 spiro atoms. The van der Waals surface area contributed by atoms with Crippen molar-refractivity contribution in [3.8, 4) is 5.75 Å². The van der Waals surface area contributed by atoms with Gasteiger partial charge in [-0.25, -0.2) is 9.97 Å². The number of benzene rings is 2. The van der Waals surface area contributed by atoms with Crippen LogP contribution in [0.25, 0.3) is 10.9 Å². The van der Waals surface area contributed by atoms with Crippen molar-refractivity contribution < 1.29 is 9.90 Å². The van der Waals surface area contributed by atoms with Gasteiger partial charge in [-0.05, 0) is 55.7 Å². The summed E-state index contributed by atoms with van der Waals surface area (Å²) in [5.41, 5.74) is 9.35. The third-order valence-corrected chi connectivity index (χ3v) is 6.08. The Morgan fingerprint density at radius 1 is 1.25 bits per heavy atom. The Morgan fingerprint density at radius 3 is 2.69 bits per heavy atom. The maximum Gasteiger partial charge on any atom is 0.224 e. The fourth-order valence-corrected chi connectivity index (χ4v) is 4.46. The summed E-state index contributed by atoms with van der Waals surface area (Å²) in [7, 11) is 0. The highest BCUT2D eigenvalue weighted by Crippen LogP contribution is 2.34. The first-order chi connectivity index (χ1) is 15.3. The number of nitrogens with one attached hydrogen (secondary N) is 2. The number of hydrogen-bond acceptors (Lipinski definition) is 6. The molecule has 166 valence electrons. The number of phenolic OH excluding ortho intramolecular Hbond substituents is 1. The van der Waals surface area contributed by atoms with Gasteiger partial charge < -0.3 is 21.1 Å². The van der Waals surface area contributed by atoms with Crippen LogP contribution in [0.4, 0.5) is 11.5 Å². The summed E-state index contributed by atoms with van der Waals surface area (Å²) >= 11 is 0. The molecule has 1 saturated carbocycles. The van der Waals surface area contributed by atoms with Gasteiger partial charge in [-0.3, -0.25) is 10.2 Å². The highest BCUT2D eigenvalue weighted by atomic mass is 16.3. The number of amides is 1. The van der Waals surface area contributed by atoms with Crippen molar-refractivity contribution in [2.75, 3.05) is 10.2 Å². The number of aryl methyl sites for hydroxylation is 1. The molecule has 32 heavy (non-hydrogen) atoms. The number of nitrogens with zero attached hydrogens (tertiary/aromatic N) is 3. The molecule has 3 aromatic rings. The van der Waals surface area contributed by atoms with Crippen LogP contribution >= 0.6 is 0 Å². The van der Waals surface area contributed by atoms with Gasteiger partial charge in [0.05, 0.1) is 5.52 Å². The molecule has 2 aromatic carbocycles. The lowest BCUT2D eigenvalue weighted by atomic mass is 10.1. The maximum atomic E-state index is 12.5. The Hall–Kier alpha value is -3.68. The summed E-state index contributed by atoms with van der Waals surface area (Å²) in [6.45, 7) is 3.93. The summed E-state index contributed by atoms with van der Waals surface area (Å²) < 4.78 is 0. The molecule has 0 saturated heterocycles. The normalized spacial score (nSPS) is 13.9. The van der Waals surface area contributed by atoms with E-state index >= 15 is 0 Å². The average Bonchev–Trinajstić information content (AvgIpc) is 3.27. The smallest absolute Gasteiger partial charge is 0.224 e. The molecule has 0 unspecified atom stereocenters. The predicted octanol–water partition coefficient (Wildman–Crippen LogP) is 3.84. The number of aromatic hydroxyl groups is 1. The van der Waals surface area contributed by atoms with Crippen molar-refractivity contribution in [3.63, 3.8) is 0 Å². The van der Waals surface area contributed by atoms with Crippen LogP contribution in [0.1, 0.15) is 49.3 Å². The lowest BCUT2D eigenvalue weighted by molar-refractivity contribution is -0.117. The van der Waals surface area contributed by atoms with E-state index in [9.17, 15) is 9.90 Å². The first-order valence-corrected chi connectivity index (χ1v) is 10.8. The van der Waals surface area contributed by atoms with Crippen LogP contribution < -0.4 is 16.0 Å². The number of nitrogen functional groups attached to an aromatic ring is 1. The fraction of sp³-hybridized carbons (Fsp3) is 0.333. The van der Waals surface area contributed by atoms with E-state index in [1.54, 1.807) is 19.1 Å². The molecule has 1 aromatic heterocycles. The lowest BCUT2D eigenvalue weighted by Crippen LogP contribution is -2.37. The molecule has 8 nitrogen and oxygen atoms in total. The summed E-state index contributed by atoms with van der Waals surface area (Å²) in [5.74, 6) is 0.743. The topological polar surface area (TPSA) is 128 Å². The van der Waals surface area contributed by atoms with Crippen LogP contribution in [0, 0.1) is 12.3 Å². The lowest BCUT2D eigenvalue weighted by Gasteiger charge is -2.29. The van der Waals surface area contributed by atoms with Gasteiger partial charge in [0.15, 0.2) is 0 Å². The maximum absolute atomic E-state index is 12.5. The van der Waals surface area contributed by atoms with Crippen molar-refractivity contribution >= 4 is 34.2 Å².